The van der Waals surface area contributed by atoms with Gasteiger partial charge >= 0.3 is 6.18 Å². The summed E-state index contributed by atoms with van der Waals surface area (Å²) in [4.78, 5) is 14.8. The SMILES string of the molecule is O=C(CNc1nccc(I)c1Cl)CC(F)(F)F. The summed E-state index contributed by atoms with van der Waals surface area (Å²) in [5.41, 5.74) is 0. The van der Waals surface area contributed by atoms with E-state index in [1.54, 1.807) is 6.07 Å². The fourth-order valence-electron chi connectivity index (χ4n) is 1.01. The summed E-state index contributed by atoms with van der Waals surface area (Å²) in [6.07, 6.45) is -4.49. The Bertz CT molecular complexity index is 425. The highest BCUT2D eigenvalue weighted by Crippen LogP contribution is 2.25. The van der Waals surface area contributed by atoms with Crippen molar-refractivity contribution in [3.8, 4) is 0 Å². The molecule has 0 radical (unpaired) electrons. The topological polar surface area (TPSA) is 42.0 Å². The smallest absolute Gasteiger partial charge is 0.362 e. The van der Waals surface area contributed by atoms with Crippen molar-refractivity contribution in [2.75, 3.05) is 11.9 Å². The molecule has 0 spiro atoms. The molecular weight excluding hydrogens is 371 g/mol. The Kier molecular flexibility index (Phi) is 4.99. The molecule has 0 fully saturated rings. The summed E-state index contributed by atoms with van der Waals surface area (Å²) in [7, 11) is 0. The molecule has 1 aromatic heterocycles. The first-order valence-electron chi connectivity index (χ1n) is 4.42. The average molecular weight is 379 g/mol. The van der Waals surface area contributed by atoms with Gasteiger partial charge in [-0.05, 0) is 28.7 Å². The Labute approximate surface area is 114 Å². The van der Waals surface area contributed by atoms with Crippen LogP contribution in [0.4, 0.5) is 19.0 Å². The molecule has 0 saturated heterocycles. The van der Waals surface area contributed by atoms with E-state index < -0.39 is 24.9 Å². The van der Waals surface area contributed by atoms with E-state index in [4.69, 9.17) is 11.6 Å². The van der Waals surface area contributed by atoms with E-state index in [9.17, 15) is 18.0 Å². The van der Waals surface area contributed by atoms with Crippen molar-refractivity contribution in [3.63, 3.8) is 0 Å². The highest BCUT2D eigenvalue weighted by molar-refractivity contribution is 14.1. The highest BCUT2D eigenvalue weighted by Gasteiger charge is 2.30. The van der Waals surface area contributed by atoms with Crippen LogP contribution in [0.1, 0.15) is 6.42 Å². The van der Waals surface area contributed by atoms with Gasteiger partial charge in [-0.25, -0.2) is 4.98 Å². The lowest BCUT2D eigenvalue weighted by molar-refractivity contribution is -0.151. The molecular formula is C9H7ClF3IN2O. The lowest BCUT2D eigenvalue weighted by Gasteiger charge is -2.08. The van der Waals surface area contributed by atoms with Gasteiger partial charge in [-0.3, -0.25) is 4.79 Å². The molecule has 1 aromatic rings. The van der Waals surface area contributed by atoms with E-state index >= 15 is 0 Å². The molecule has 0 aromatic carbocycles. The monoisotopic (exact) mass is 378 g/mol. The number of hydrogen-bond acceptors (Lipinski definition) is 3. The molecule has 0 atom stereocenters. The number of halogens is 5. The third-order valence-corrected chi connectivity index (χ3v) is 3.29. The number of hydrogen-bond donors (Lipinski definition) is 1. The molecule has 1 N–H and O–H groups in total. The number of ketones is 1. The van der Waals surface area contributed by atoms with E-state index in [0.29, 0.717) is 3.57 Å². The van der Waals surface area contributed by atoms with Crippen molar-refractivity contribution in [1.29, 1.82) is 0 Å². The van der Waals surface area contributed by atoms with E-state index in [-0.39, 0.29) is 10.8 Å². The number of carbonyl (C=O) groups is 1. The number of carbonyl (C=O) groups excluding carboxylic acids is 1. The Morgan fingerprint density at radius 3 is 2.76 bits per heavy atom. The average Bonchev–Trinajstić information content (AvgIpc) is 2.18. The number of alkyl halides is 3. The van der Waals surface area contributed by atoms with Gasteiger partial charge in [-0.1, -0.05) is 11.6 Å². The van der Waals surface area contributed by atoms with Gasteiger partial charge in [-0.2, -0.15) is 13.2 Å². The normalized spacial score (nSPS) is 11.4. The lowest BCUT2D eigenvalue weighted by atomic mass is 10.3. The van der Waals surface area contributed by atoms with Crippen LogP contribution in [-0.4, -0.2) is 23.5 Å². The minimum Gasteiger partial charge on any atom is -0.362 e. The first-order chi connectivity index (χ1) is 7.79. The second-order valence-corrected chi connectivity index (χ2v) is 4.68. The molecule has 0 unspecified atom stereocenters. The molecule has 0 saturated carbocycles. The van der Waals surface area contributed by atoms with Gasteiger partial charge in [-0.15, -0.1) is 0 Å². The van der Waals surface area contributed by atoms with E-state index in [1.165, 1.54) is 6.20 Å². The second-order valence-electron chi connectivity index (χ2n) is 3.14. The number of nitrogens with zero attached hydrogens (tertiary/aromatic N) is 1. The first kappa shape index (κ1) is 14.5. The Morgan fingerprint density at radius 2 is 2.18 bits per heavy atom. The molecule has 94 valence electrons. The zero-order chi connectivity index (χ0) is 13.1. The zero-order valence-corrected chi connectivity index (χ0v) is 11.2. The van der Waals surface area contributed by atoms with Gasteiger partial charge in [0.1, 0.15) is 12.2 Å². The van der Waals surface area contributed by atoms with Crippen molar-refractivity contribution in [1.82, 2.24) is 4.98 Å². The van der Waals surface area contributed by atoms with E-state index in [0.717, 1.165) is 0 Å². The first-order valence-corrected chi connectivity index (χ1v) is 5.87. The summed E-state index contributed by atoms with van der Waals surface area (Å²) in [5, 5.41) is 2.76. The van der Waals surface area contributed by atoms with Crippen LogP contribution in [0.5, 0.6) is 0 Å². The standard InChI is InChI=1S/C9H7ClF3IN2O/c10-7-6(14)1-2-15-8(7)16-4-5(17)3-9(11,12)13/h1-2H,3-4H2,(H,15,16). The molecule has 3 nitrogen and oxygen atoms in total. The zero-order valence-electron chi connectivity index (χ0n) is 8.31. The number of nitrogens with one attached hydrogen (secondary N) is 1. The maximum Gasteiger partial charge on any atom is 0.395 e. The van der Waals surface area contributed by atoms with Crippen molar-refractivity contribution < 1.29 is 18.0 Å². The fourth-order valence-corrected chi connectivity index (χ4v) is 1.61. The largest absolute Gasteiger partial charge is 0.395 e. The van der Waals surface area contributed by atoms with E-state index in [2.05, 4.69) is 10.3 Å². The van der Waals surface area contributed by atoms with Gasteiger partial charge in [0, 0.05) is 9.77 Å². The molecule has 17 heavy (non-hydrogen) atoms. The Hall–Kier alpha value is -0.570. The molecule has 0 aliphatic heterocycles. The molecule has 8 heteroatoms. The predicted molar refractivity (Wildman–Crippen MR) is 66.1 cm³/mol. The van der Waals surface area contributed by atoms with Crippen LogP contribution < -0.4 is 5.32 Å². The van der Waals surface area contributed by atoms with Gasteiger partial charge in [0.25, 0.3) is 0 Å². The third kappa shape index (κ3) is 5.07. The number of rotatable bonds is 4. The summed E-state index contributed by atoms with van der Waals surface area (Å²) >= 11 is 7.80. The summed E-state index contributed by atoms with van der Waals surface area (Å²) in [5.74, 6) is -0.761. The molecule has 0 aliphatic carbocycles. The maximum absolute atomic E-state index is 11.9. The van der Waals surface area contributed by atoms with Crippen LogP contribution in [0.2, 0.25) is 5.02 Å². The molecule has 1 heterocycles. The Balaban J connectivity index is 2.56. The highest BCUT2D eigenvalue weighted by atomic mass is 127. The summed E-state index contributed by atoms with van der Waals surface area (Å²) < 4.78 is 36.4. The van der Waals surface area contributed by atoms with Crippen LogP contribution in [0.25, 0.3) is 0 Å². The molecule has 0 aliphatic rings. The summed E-state index contributed by atoms with van der Waals surface area (Å²) in [6.45, 7) is -0.452. The van der Waals surface area contributed by atoms with Gasteiger partial charge < -0.3 is 5.32 Å². The molecule has 1 rings (SSSR count). The fraction of sp³-hybridized carbons (Fsp3) is 0.333. The predicted octanol–water partition coefficient (Wildman–Crippen LogP) is 3.27. The van der Waals surface area contributed by atoms with Crippen molar-refractivity contribution >= 4 is 45.8 Å². The second kappa shape index (κ2) is 5.85. The van der Waals surface area contributed by atoms with Crippen LogP contribution in [0.15, 0.2) is 12.3 Å². The quantitative estimate of drug-likeness (QED) is 0.818. The van der Waals surface area contributed by atoms with Crippen molar-refractivity contribution in [2.45, 2.75) is 12.6 Å². The molecule has 0 amide bonds. The van der Waals surface area contributed by atoms with Gasteiger partial charge in [0.15, 0.2) is 5.78 Å². The third-order valence-electron chi connectivity index (χ3n) is 1.69. The van der Waals surface area contributed by atoms with Crippen molar-refractivity contribution in [3.05, 3.63) is 20.9 Å². The lowest BCUT2D eigenvalue weighted by Crippen LogP contribution is -2.22. The number of pyridine rings is 1. The molecule has 0 bridgehead atoms. The number of aromatic nitrogens is 1. The number of anilines is 1. The summed E-state index contributed by atoms with van der Waals surface area (Å²) in [6, 6.07) is 1.64. The maximum atomic E-state index is 11.9. The van der Waals surface area contributed by atoms with Gasteiger partial charge in [0.05, 0.1) is 11.6 Å². The Morgan fingerprint density at radius 1 is 1.53 bits per heavy atom. The van der Waals surface area contributed by atoms with E-state index in [1.807, 2.05) is 22.6 Å². The van der Waals surface area contributed by atoms with Crippen LogP contribution in [-0.2, 0) is 4.79 Å². The van der Waals surface area contributed by atoms with Crippen LogP contribution in [0, 0.1) is 3.57 Å². The van der Waals surface area contributed by atoms with Crippen LogP contribution >= 0.6 is 34.2 Å². The number of Topliss-reactive ketones (excluding diaryl/α,β-unsaturated/α-hetero) is 1. The van der Waals surface area contributed by atoms with Crippen LogP contribution in [0.3, 0.4) is 0 Å². The minimum atomic E-state index is -4.49. The van der Waals surface area contributed by atoms with Gasteiger partial charge in [0.2, 0.25) is 0 Å². The minimum absolute atomic E-state index is 0.203. The van der Waals surface area contributed by atoms with Crippen molar-refractivity contribution in [2.24, 2.45) is 0 Å².